The van der Waals surface area contributed by atoms with Gasteiger partial charge in [-0.25, -0.2) is 8.42 Å². The number of carbonyl (C=O) groups is 1. The maximum atomic E-state index is 13.4. The predicted octanol–water partition coefficient (Wildman–Crippen LogP) is 3.29. The number of amides is 1. The number of anilines is 2. The van der Waals surface area contributed by atoms with Gasteiger partial charge >= 0.3 is 0 Å². The van der Waals surface area contributed by atoms with E-state index in [1.807, 2.05) is 19.9 Å². The molecule has 0 aliphatic carbocycles. The second-order valence-corrected chi connectivity index (χ2v) is 9.02. The van der Waals surface area contributed by atoms with Crippen molar-refractivity contribution in [1.29, 1.82) is 0 Å². The summed E-state index contributed by atoms with van der Waals surface area (Å²) in [4.78, 5) is 17.0. The Hall–Kier alpha value is -3.39. The van der Waals surface area contributed by atoms with Crippen LogP contribution in [0.2, 0.25) is 0 Å². The Morgan fingerprint density at radius 3 is 2.53 bits per heavy atom. The second-order valence-electron chi connectivity index (χ2n) is 7.16. The highest BCUT2D eigenvalue weighted by molar-refractivity contribution is 7.92. The number of hydrogen-bond donors (Lipinski definition) is 1. The lowest BCUT2D eigenvalue weighted by Gasteiger charge is -2.35. The number of benzene rings is 2. The molecular weight excluding hydrogens is 402 g/mol. The molecule has 1 aliphatic rings. The van der Waals surface area contributed by atoms with E-state index < -0.39 is 22.0 Å². The minimum Gasteiger partial charge on any atom is -0.476 e. The normalized spacial score (nSPS) is 15.8. The fourth-order valence-electron chi connectivity index (χ4n) is 3.22. The minimum atomic E-state index is -3.88. The number of aromatic nitrogens is 1. The van der Waals surface area contributed by atoms with Crippen molar-refractivity contribution in [1.82, 2.24) is 4.98 Å². The largest absolute Gasteiger partial charge is 0.476 e. The number of ether oxygens (including phenoxy) is 1. The average Bonchev–Trinajstić information content (AvgIpc) is 2.73. The Morgan fingerprint density at radius 2 is 1.83 bits per heavy atom. The van der Waals surface area contributed by atoms with Gasteiger partial charge in [0.15, 0.2) is 6.10 Å². The van der Waals surface area contributed by atoms with Gasteiger partial charge in [-0.2, -0.15) is 0 Å². The van der Waals surface area contributed by atoms with Crippen LogP contribution in [0.1, 0.15) is 11.1 Å². The van der Waals surface area contributed by atoms with Gasteiger partial charge in [0.2, 0.25) is 0 Å². The van der Waals surface area contributed by atoms with Gasteiger partial charge in [-0.15, -0.1) is 0 Å². The zero-order valence-electron chi connectivity index (χ0n) is 16.6. The standard InChI is InChI=1S/C22H21N3O4S/c1-15-5-8-18(9-6-15)30(27,28)25-14-21(22(26)24-17-4-3-11-23-13-17)29-20-12-16(2)7-10-19(20)25/h3-13,21H,14H2,1-2H3,(H,24,26)/t21-/m1/s1. The van der Waals surface area contributed by atoms with E-state index in [1.165, 1.54) is 10.5 Å². The number of nitrogens with zero attached hydrogens (tertiary/aromatic N) is 2. The molecule has 0 fully saturated rings. The lowest BCUT2D eigenvalue weighted by atomic mass is 10.1. The Balaban J connectivity index is 1.70. The number of sulfonamides is 1. The molecule has 1 aliphatic heterocycles. The van der Waals surface area contributed by atoms with E-state index in [0.717, 1.165) is 11.1 Å². The monoisotopic (exact) mass is 423 g/mol. The van der Waals surface area contributed by atoms with Crippen LogP contribution in [0.3, 0.4) is 0 Å². The number of pyridine rings is 1. The van der Waals surface area contributed by atoms with Crippen molar-refractivity contribution >= 4 is 27.3 Å². The van der Waals surface area contributed by atoms with Crippen molar-refractivity contribution in [2.75, 3.05) is 16.2 Å². The molecule has 8 heteroatoms. The number of rotatable bonds is 4. The van der Waals surface area contributed by atoms with Gasteiger partial charge in [-0.1, -0.05) is 23.8 Å². The highest BCUT2D eigenvalue weighted by Crippen LogP contribution is 2.37. The fourth-order valence-corrected chi connectivity index (χ4v) is 4.70. The second kappa shape index (κ2) is 7.79. The van der Waals surface area contributed by atoms with E-state index in [0.29, 0.717) is 17.1 Å². The third kappa shape index (κ3) is 3.86. The molecular formula is C22H21N3O4S. The number of nitrogens with one attached hydrogen (secondary N) is 1. The summed E-state index contributed by atoms with van der Waals surface area (Å²) in [6.45, 7) is 3.63. The molecule has 7 nitrogen and oxygen atoms in total. The van der Waals surface area contributed by atoms with Crippen molar-refractivity contribution < 1.29 is 17.9 Å². The highest BCUT2D eigenvalue weighted by Gasteiger charge is 2.37. The smallest absolute Gasteiger partial charge is 0.267 e. The molecule has 30 heavy (non-hydrogen) atoms. The van der Waals surface area contributed by atoms with Crippen LogP contribution in [0.5, 0.6) is 5.75 Å². The summed E-state index contributed by atoms with van der Waals surface area (Å²) in [5.41, 5.74) is 2.77. The van der Waals surface area contributed by atoms with Crippen LogP contribution in [0.25, 0.3) is 0 Å². The first-order valence-corrected chi connectivity index (χ1v) is 10.9. The summed E-state index contributed by atoms with van der Waals surface area (Å²) >= 11 is 0. The Bertz CT molecular complexity index is 1180. The van der Waals surface area contributed by atoms with Gasteiger partial charge in [-0.3, -0.25) is 14.1 Å². The van der Waals surface area contributed by atoms with Crippen molar-refractivity contribution in [2.45, 2.75) is 24.8 Å². The van der Waals surface area contributed by atoms with Crippen LogP contribution >= 0.6 is 0 Å². The van der Waals surface area contributed by atoms with E-state index in [-0.39, 0.29) is 11.4 Å². The molecule has 154 valence electrons. The highest BCUT2D eigenvalue weighted by atomic mass is 32.2. The molecule has 0 radical (unpaired) electrons. The lowest BCUT2D eigenvalue weighted by molar-refractivity contribution is -0.122. The zero-order chi connectivity index (χ0) is 21.3. The van der Waals surface area contributed by atoms with Crippen LogP contribution in [0.4, 0.5) is 11.4 Å². The molecule has 2 heterocycles. The SMILES string of the molecule is Cc1ccc(S(=O)(=O)N2C[C@H](C(=O)Nc3cccnc3)Oc3cc(C)ccc32)cc1. The Labute approximate surface area is 175 Å². The van der Waals surface area contributed by atoms with E-state index in [9.17, 15) is 13.2 Å². The molecule has 3 aromatic rings. The molecule has 1 atom stereocenters. The van der Waals surface area contributed by atoms with Gasteiger partial charge in [0, 0.05) is 6.20 Å². The quantitative estimate of drug-likeness (QED) is 0.696. The molecule has 1 aromatic heterocycles. The van der Waals surface area contributed by atoms with Crippen LogP contribution in [-0.2, 0) is 14.8 Å². The zero-order valence-corrected chi connectivity index (χ0v) is 17.4. The lowest BCUT2D eigenvalue weighted by Crippen LogP contribution is -2.48. The summed E-state index contributed by atoms with van der Waals surface area (Å²) < 4.78 is 33.9. The molecule has 0 unspecified atom stereocenters. The third-order valence-electron chi connectivity index (χ3n) is 4.82. The number of carbonyl (C=O) groups excluding carboxylic acids is 1. The maximum absolute atomic E-state index is 13.4. The Kier molecular flexibility index (Phi) is 5.17. The van der Waals surface area contributed by atoms with Crippen molar-refractivity contribution in [3.8, 4) is 5.75 Å². The van der Waals surface area contributed by atoms with Gasteiger partial charge in [0.25, 0.3) is 15.9 Å². The number of hydrogen-bond acceptors (Lipinski definition) is 5. The fraction of sp³-hybridized carbons (Fsp3) is 0.182. The molecule has 2 aromatic carbocycles. The number of fused-ring (bicyclic) bond motifs is 1. The summed E-state index contributed by atoms with van der Waals surface area (Å²) in [6.07, 6.45) is 2.10. The van der Waals surface area contributed by atoms with E-state index >= 15 is 0 Å². The van der Waals surface area contributed by atoms with Crippen LogP contribution in [0, 0.1) is 13.8 Å². The number of aryl methyl sites for hydroxylation is 2. The van der Waals surface area contributed by atoms with Crippen LogP contribution in [0.15, 0.2) is 71.9 Å². The first-order valence-electron chi connectivity index (χ1n) is 9.42. The van der Waals surface area contributed by atoms with Gasteiger partial charge in [0.05, 0.1) is 29.0 Å². The van der Waals surface area contributed by atoms with Gasteiger partial charge < -0.3 is 10.1 Å². The van der Waals surface area contributed by atoms with Crippen LogP contribution < -0.4 is 14.4 Å². The first kappa shape index (κ1) is 19.9. The van der Waals surface area contributed by atoms with E-state index in [2.05, 4.69) is 10.3 Å². The molecule has 0 saturated heterocycles. The third-order valence-corrected chi connectivity index (χ3v) is 6.61. The maximum Gasteiger partial charge on any atom is 0.267 e. The summed E-state index contributed by atoms with van der Waals surface area (Å²) in [6, 6.07) is 15.3. The van der Waals surface area contributed by atoms with Crippen LogP contribution in [-0.4, -0.2) is 32.0 Å². The summed E-state index contributed by atoms with van der Waals surface area (Å²) in [5.74, 6) is -0.0949. The average molecular weight is 423 g/mol. The molecule has 0 spiro atoms. The molecule has 4 rings (SSSR count). The van der Waals surface area contributed by atoms with Crippen molar-refractivity contribution in [2.24, 2.45) is 0 Å². The minimum absolute atomic E-state index is 0.141. The molecule has 0 saturated carbocycles. The van der Waals surface area contributed by atoms with Crippen molar-refractivity contribution in [3.05, 3.63) is 78.1 Å². The van der Waals surface area contributed by atoms with Crippen molar-refractivity contribution in [3.63, 3.8) is 0 Å². The topological polar surface area (TPSA) is 88.6 Å². The predicted molar refractivity (Wildman–Crippen MR) is 114 cm³/mol. The van der Waals surface area contributed by atoms with Gasteiger partial charge in [-0.05, 0) is 55.8 Å². The molecule has 1 N–H and O–H groups in total. The van der Waals surface area contributed by atoms with E-state index in [4.69, 9.17) is 4.74 Å². The molecule has 0 bridgehead atoms. The summed E-state index contributed by atoms with van der Waals surface area (Å²) in [7, 11) is -3.88. The molecule has 1 amide bonds. The Morgan fingerprint density at radius 1 is 1.10 bits per heavy atom. The van der Waals surface area contributed by atoms with E-state index in [1.54, 1.807) is 54.7 Å². The van der Waals surface area contributed by atoms with Gasteiger partial charge in [0.1, 0.15) is 5.75 Å². The summed E-state index contributed by atoms with van der Waals surface area (Å²) in [5, 5.41) is 2.73. The first-order chi connectivity index (χ1) is 14.3.